The van der Waals surface area contributed by atoms with Crippen molar-refractivity contribution in [1.82, 2.24) is 4.90 Å². The summed E-state index contributed by atoms with van der Waals surface area (Å²) in [5, 5.41) is 9.72. The Morgan fingerprint density at radius 3 is 2.67 bits per heavy atom. The van der Waals surface area contributed by atoms with Gasteiger partial charge in [0.1, 0.15) is 19.3 Å². The van der Waals surface area contributed by atoms with Crippen LogP contribution in [-0.4, -0.2) is 42.2 Å². The van der Waals surface area contributed by atoms with E-state index >= 15 is 0 Å². The van der Waals surface area contributed by atoms with Crippen molar-refractivity contribution in [3.05, 3.63) is 24.4 Å². The third kappa shape index (κ3) is 2.72. The summed E-state index contributed by atoms with van der Waals surface area (Å²) in [5.74, 6) is 1.02. The molecule has 5 nitrogen and oxygen atoms in total. The van der Waals surface area contributed by atoms with Crippen molar-refractivity contribution >= 4 is 11.7 Å². The molecule has 1 fully saturated rings. The van der Waals surface area contributed by atoms with E-state index < -0.39 is 0 Å². The van der Waals surface area contributed by atoms with Crippen LogP contribution in [0.15, 0.2) is 24.4 Å². The van der Waals surface area contributed by atoms with Gasteiger partial charge >= 0.3 is 5.82 Å². The number of carbonyl (C=O) groups is 1. The molecule has 0 radical (unpaired) electrons. The molecule has 18 heavy (non-hydrogen) atoms. The first kappa shape index (κ1) is 12.7. The van der Waals surface area contributed by atoms with E-state index in [4.69, 9.17) is 0 Å². The topological polar surface area (TPSA) is 47.7 Å². The number of pyridine rings is 1. The van der Waals surface area contributed by atoms with Crippen LogP contribution < -0.4 is 9.63 Å². The molecule has 2 heterocycles. The third-order valence-electron chi connectivity index (χ3n) is 3.24. The molecule has 0 atom stereocenters. The van der Waals surface area contributed by atoms with Crippen LogP contribution in [0.1, 0.15) is 19.8 Å². The van der Waals surface area contributed by atoms with Crippen molar-refractivity contribution in [2.24, 2.45) is 0 Å². The molecule has 0 spiro atoms. The van der Waals surface area contributed by atoms with Crippen LogP contribution in [0.2, 0.25) is 0 Å². The zero-order valence-corrected chi connectivity index (χ0v) is 10.7. The van der Waals surface area contributed by atoms with E-state index in [9.17, 15) is 10.0 Å². The van der Waals surface area contributed by atoms with Crippen molar-refractivity contribution in [2.45, 2.75) is 19.8 Å². The standard InChI is InChI=1S/C13H20N3O2/c1-2-5-13(17)15-10-8-14(9-11-15)12-6-3-4-7-16(12)18/h3-4,6-7,18H,2,5,8-11H2,1H3/q+1. The number of hydrogen-bond acceptors (Lipinski definition) is 3. The molecule has 1 N–H and O–H groups in total. The maximum Gasteiger partial charge on any atom is 0.316 e. The van der Waals surface area contributed by atoms with E-state index in [0.29, 0.717) is 6.42 Å². The van der Waals surface area contributed by atoms with Crippen molar-refractivity contribution < 1.29 is 14.7 Å². The van der Waals surface area contributed by atoms with E-state index in [1.807, 2.05) is 24.0 Å². The lowest BCUT2D eigenvalue weighted by molar-refractivity contribution is -0.894. The van der Waals surface area contributed by atoms with Crippen LogP contribution in [0, 0.1) is 0 Å². The molecular formula is C13H20N3O2+. The highest BCUT2D eigenvalue weighted by molar-refractivity contribution is 5.76. The lowest BCUT2D eigenvalue weighted by Crippen LogP contribution is -2.52. The van der Waals surface area contributed by atoms with Crippen LogP contribution in [0.3, 0.4) is 0 Å². The molecule has 5 heteroatoms. The minimum atomic E-state index is 0.238. The van der Waals surface area contributed by atoms with Gasteiger partial charge < -0.3 is 10.1 Å². The molecule has 1 aliphatic rings. The quantitative estimate of drug-likeness (QED) is 0.633. The van der Waals surface area contributed by atoms with Crippen molar-refractivity contribution in [1.29, 1.82) is 0 Å². The summed E-state index contributed by atoms with van der Waals surface area (Å²) in [6.45, 7) is 5.01. The second kappa shape index (κ2) is 5.71. The van der Waals surface area contributed by atoms with Crippen molar-refractivity contribution in [3.8, 4) is 0 Å². The molecule has 2 rings (SSSR count). The summed E-state index contributed by atoms with van der Waals surface area (Å²) in [6, 6.07) is 5.56. The Labute approximate surface area is 107 Å². The average molecular weight is 250 g/mol. The highest BCUT2D eigenvalue weighted by Gasteiger charge is 2.27. The van der Waals surface area contributed by atoms with E-state index in [2.05, 4.69) is 4.90 Å². The maximum atomic E-state index is 11.8. The first-order valence-corrected chi connectivity index (χ1v) is 6.45. The molecule has 0 unspecified atom stereocenters. The minimum absolute atomic E-state index is 0.238. The lowest BCUT2D eigenvalue weighted by atomic mass is 10.2. The lowest BCUT2D eigenvalue weighted by Gasteiger charge is -2.31. The second-order valence-corrected chi connectivity index (χ2v) is 4.52. The van der Waals surface area contributed by atoms with Gasteiger partial charge in [0.05, 0.1) is 13.1 Å². The molecule has 0 bridgehead atoms. The van der Waals surface area contributed by atoms with E-state index in [1.54, 1.807) is 12.3 Å². The molecule has 1 aromatic heterocycles. The summed E-state index contributed by atoms with van der Waals surface area (Å²) in [6.07, 6.45) is 3.14. The van der Waals surface area contributed by atoms with E-state index in [1.165, 1.54) is 0 Å². The molecular weight excluding hydrogens is 230 g/mol. The van der Waals surface area contributed by atoms with Gasteiger partial charge in [0, 0.05) is 12.5 Å². The predicted octanol–water partition coefficient (Wildman–Crippen LogP) is 0.660. The van der Waals surface area contributed by atoms with Gasteiger partial charge in [-0.2, -0.15) is 0 Å². The van der Waals surface area contributed by atoms with Gasteiger partial charge in [-0.1, -0.05) is 17.7 Å². The highest BCUT2D eigenvalue weighted by Crippen LogP contribution is 2.11. The Hall–Kier alpha value is -1.78. The molecule has 1 saturated heterocycles. The zero-order valence-electron chi connectivity index (χ0n) is 10.7. The molecule has 0 saturated carbocycles. The summed E-state index contributed by atoms with van der Waals surface area (Å²) in [4.78, 5) is 15.8. The third-order valence-corrected chi connectivity index (χ3v) is 3.24. The zero-order chi connectivity index (χ0) is 13.0. The van der Waals surface area contributed by atoms with Crippen molar-refractivity contribution in [2.75, 3.05) is 31.1 Å². The average Bonchev–Trinajstić information content (AvgIpc) is 2.40. The number of amides is 1. The Bertz CT molecular complexity index is 414. The largest absolute Gasteiger partial charge is 0.350 e. The summed E-state index contributed by atoms with van der Waals surface area (Å²) >= 11 is 0. The number of piperazine rings is 1. The van der Waals surface area contributed by atoms with E-state index in [0.717, 1.165) is 43.1 Å². The van der Waals surface area contributed by atoms with Gasteiger partial charge in [-0.3, -0.25) is 9.69 Å². The van der Waals surface area contributed by atoms with Gasteiger partial charge in [-0.25, -0.2) is 0 Å². The Morgan fingerprint density at radius 2 is 2.06 bits per heavy atom. The molecule has 98 valence electrons. The Kier molecular flexibility index (Phi) is 4.02. The minimum Gasteiger partial charge on any atom is -0.350 e. The maximum absolute atomic E-state index is 11.8. The molecule has 1 amide bonds. The van der Waals surface area contributed by atoms with Gasteiger partial charge in [0.15, 0.2) is 0 Å². The van der Waals surface area contributed by atoms with Crippen LogP contribution in [-0.2, 0) is 4.79 Å². The summed E-state index contributed by atoms with van der Waals surface area (Å²) in [7, 11) is 0. The molecule has 1 aromatic rings. The molecule has 0 aliphatic carbocycles. The monoisotopic (exact) mass is 250 g/mol. The fourth-order valence-electron chi connectivity index (χ4n) is 2.23. The number of carbonyl (C=O) groups excluding carboxylic acids is 1. The number of hydrogen-bond donors (Lipinski definition) is 1. The first-order valence-electron chi connectivity index (χ1n) is 6.45. The fourth-order valence-corrected chi connectivity index (χ4v) is 2.23. The molecule has 1 aliphatic heterocycles. The van der Waals surface area contributed by atoms with Crippen LogP contribution >= 0.6 is 0 Å². The predicted molar refractivity (Wildman–Crippen MR) is 67.5 cm³/mol. The highest BCUT2D eigenvalue weighted by atomic mass is 16.5. The number of nitrogens with zero attached hydrogens (tertiary/aromatic N) is 3. The summed E-state index contributed by atoms with van der Waals surface area (Å²) < 4.78 is 1.13. The van der Waals surface area contributed by atoms with E-state index in [-0.39, 0.29) is 5.91 Å². The van der Waals surface area contributed by atoms with Crippen LogP contribution in [0.5, 0.6) is 0 Å². The van der Waals surface area contributed by atoms with Gasteiger partial charge in [-0.05, 0) is 12.5 Å². The first-order chi connectivity index (χ1) is 8.72. The normalized spacial score (nSPS) is 15.8. The molecule has 0 aromatic carbocycles. The number of aromatic nitrogens is 1. The SMILES string of the molecule is CCCC(=O)N1CCN(c2cccc[n+]2O)CC1. The fraction of sp³-hybridized carbons (Fsp3) is 0.538. The van der Waals surface area contributed by atoms with Gasteiger partial charge in [0.2, 0.25) is 5.91 Å². The smallest absolute Gasteiger partial charge is 0.316 e. The van der Waals surface area contributed by atoms with Crippen LogP contribution in [0.25, 0.3) is 0 Å². The Morgan fingerprint density at radius 1 is 1.33 bits per heavy atom. The van der Waals surface area contributed by atoms with Crippen LogP contribution in [0.4, 0.5) is 5.82 Å². The second-order valence-electron chi connectivity index (χ2n) is 4.52. The van der Waals surface area contributed by atoms with Crippen molar-refractivity contribution in [3.63, 3.8) is 0 Å². The van der Waals surface area contributed by atoms with Gasteiger partial charge in [-0.15, -0.1) is 0 Å². The number of anilines is 1. The van der Waals surface area contributed by atoms with Gasteiger partial charge in [0.25, 0.3) is 0 Å². The summed E-state index contributed by atoms with van der Waals surface area (Å²) in [5.41, 5.74) is 0. The number of rotatable bonds is 3. The Balaban J connectivity index is 1.95.